The molecule has 0 saturated carbocycles. The molecule has 0 bridgehead atoms. The van der Waals surface area contributed by atoms with E-state index >= 15 is 0 Å². The molecule has 0 saturated heterocycles. The highest BCUT2D eigenvalue weighted by molar-refractivity contribution is 8.15. The SMILES string of the molecule is c1cnc2c(c1)CSCSC2. The predicted molar refractivity (Wildman–Crippen MR) is 51.7 cm³/mol. The van der Waals surface area contributed by atoms with Crippen molar-refractivity contribution >= 4 is 23.5 Å². The van der Waals surface area contributed by atoms with E-state index in [0.29, 0.717) is 0 Å². The quantitative estimate of drug-likeness (QED) is 0.613. The summed E-state index contributed by atoms with van der Waals surface area (Å²) in [4.78, 5) is 4.35. The van der Waals surface area contributed by atoms with Crippen molar-refractivity contribution in [2.24, 2.45) is 0 Å². The average Bonchev–Trinajstić information content (AvgIpc) is 2.28. The summed E-state index contributed by atoms with van der Waals surface area (Å²) >= 11 is 3.94. The van der Waals surface area contributed by atoms with Gasteiger partial charge in [0.25, 0.3) is 0 Å². The third-order valence-electron chi connectivity index (χ3n) is 1.65. The molecule has 0 amide bonds. The molecule has 0 N–H and O–H groups in total. The van der Waals surface area contributed by atoms with Crippen molar-refractivity contribution in [3.05, 3.63) is 29.6 Å². The Morgan fingerprint density at radius 1 is 1.27 bits per heavy atom. The summed E-state index contributed by atoms with van der Waals surface area (Å²) < 4.78 is 0. The molecule has 1 aliphatic heterocycles. The van der Waals surface area contributed by atoms with Crippen LogP contribution in [-0.4, -0.2) is 10.1 Å². The lowest BCUT2D eigenvalue weighted by molar-refractivity contribution is 1.12. The molecule has 2 heterocycles. The molecule has 0 aliphatic carbocycles. The highest BCUT2D eigenvalue weighted by Crippen LogP contribution is 2.27. The minimum absolute atomic E-state index is 1.09. The fourth-order valence-electron chi connectivity index (χ4n) is 1.08. The van der Waals surface area contributed by atoms with Gasteiger partial charge in [-0.2, -0.15) is 0 Å². The fourth-order valence-corrected chi connectivity index (χ4v) is 3.16. The topological polar surface area (TPSA) is 12.9 Å². The van der Waals surface area contributed by atoms with E-state index in [2.05, 4.69) is 11.1 Å². The van der Waals surface area contributed by atoms with E-state index in [4.69, 9.17) is 0 Å². The number of rotatable bonds is 0. The van der Waals surface area contributed by atoms with E-state index in [1.807, 2.05) is 35.8 Å². The maximum Gasteiger partial charge on any atom is 0.0543 e. The fraction of sp³-hybridized carbons (Fsp3) is 0.375. The van der Waals surface area contributed by atoms with Crippen LogP contribution in [0.5, 0.6) is 0 Å². The van der Waals surface area contributed by atoms with Gasteiger partial charge in [0.2, 0.25) is 0 Å². The Labute approximate surface area is 75.0 Å². The lowest BCUT2D eigenvalue weighted by Crippen LogP contribution is -1.90. The summed E-state index contributed by atoms with van der Waals surface area (Å²) in [7, 11) is 0. The molecule has 1 aliphatic rings. The summed E-state index contributed by atoms with van der Waals surface area (Å²) in [5.41, 5.74) is 2.70. The first-order valence-corrected chi connectivity index (χ1v) is 5.86. The number of hydrogen-bond donors (Lipinski definition) is 0. The molecule has 2 rings (SSSR count). The van der Waals surface area contributed by atoms with Gasteiger partial charge < -0.3 is 0 Å². The van der Waals surface area contributed by atoms with Crippen molar-refractivity contribution in [1.82, 2.24) is 4.98 Å². The van der Waals surface area contributed by atoms with E-state index < -0.39 is 0 Å². The summed E-state index contributed by atoms with van der Waals surface area (Å²) in [5, 5.41) is 1.20. The molecule has 1 aromatic heterocycles. The van der Waals surface area contributed by atoms with Gasteiger partial charge in [0.1, 0.15) is 0 Å². The molecule has 1 nitrogen and oxygen atoms in total. The van der Waals surface area contributed by atoms with Gasteiger partial charge in [-0.25, -0.2) is 0 Å². The van der Waals surface area contributed by atoms with Crippen LogP contribution in [0.25, 0.3) is 0 Å². The first-order chi connectivity index (χ1) is 5.47. The zero-order valence-corrected chi connectivity index (χ0v) is 7.75. The van der Waals surface area contributed by atoms with Crippen molar-refractivity contribution in [2.45, 2.75) is 11.5 Å². The van der Waals surface area contributed by atoms with Gasteiger partial charge in [-0.15, -0.1) is 23.5 Å². The van der Waals surface area contributed by atoms with Gasteiger partial charge in [0, 0.05) is 22.8 Å². The number of thioether (sulfide) groups is 2. The van der Waals surface area contributed by atoms with Crippen molar-refractivity contribution in [3.63, 3.8) is 0 Å². The molecule has 1 aromatic rings. The first kappa shape index (κ1) is 7.50. The maximum absolute atomic E-state index is 4.35. The highest BCUT2D eigenvalue weighted by Gasteiger charge is 2.07. The highest BCUT2D eigenvalue weighted by atomic mass is 32.2. The van der Waals surface area contributed by atoms with Crippen LogP contribution in [0.3, 0.4) is 0 Å². The Hall–Kier alpha value is -0.150. The van der Waals surface area contributed by atoms with Crippen LogP contribution in [0.15, 0.2) is 18.3 Å². The Balaban J connectivity index is 2.33. The summed E-state index contributed by atoms with van der Waals surface area (Å²) in [6.45, 7) is 0. The van der Waals surface area contributed by atoms with Crippen LogP contribution >= 0.6 is 23.5 Å². The Morgan fingerprint density at radius 2 is 2.18 bits per heavy atom. The van der Waals surface area contributed by atoms with Crippen molar-refractivity contribution in [3.8, 4) is 0 Å². The smallest absolute Gasteiger partial charge is 0.0543 e. The lowest BCUT2D eigenvalue weighted by Gasteiger charge is -2.00. The number of hydrogen-bond acceptors (Lipinski definition) is 3. The number of fused-ring (bicyclic) bond motifs is 1. The second-order valence-corrected chi connectivity index (χ2v) is 4.76. The second-order valence-electron chi connectivity index (χ2n) is 2.42. The molecule has 11 heavy (non-hydrogen) atoms. The van der Waals surface area contributed by atoms with E-state index in [1.54, 1.807) is 0 Å². The van der Waals surface area contributed by atoms with E-state index in [0.717, 1.165) is 11.5 Å². The zero-order chi connectivity index (χ0) is 7.52. The molecule has 0 atom stereocenters. The summed E-state index contributed by atoms with van der Waals surface area (Å²) in [6.07, 6.45) is 1.88. The van der Waals surface area contributed by atoms with E-state index in [9.17, 15) is 0 Å². The van der Waals surface area contributed by atoms with Crippen LogP contribution in [0.2, 0.25) is 0 Å². The van der Waals surface area contributed by atoms with Gasteiger partial charge in [0.15, 0.2) is 0 Å². The van der Waals surface area contributed by atoms with Gasteiger partial charge >= 0.3 is 0 Å². The van der Waals surface area contributed by atoms with Crippen LogP contribution in [0.4, 0.5) is 0 Å². The Kier molecular flexibility index (Phi) is 2.38. The number of nitrogens with zero attached hydrogens (tertiary/aromatic N) is 1. The minimum atomic E-state index is 1.09. The minimum Gasteiger partial charge on any atom is -0.260 e. The van der Waals surface area contributed by atoms with Crippen molar-refractivity contribution in [2.75, 3.05) is 5.08 Å². The third kappa shape index (κ3) is 1.71. The molecule has 0 radical (unpaired) electrons. The van der Waals surface area contributed by atoms with Crippen molar-refractivity contribution < 1.29 is 0 Å². The first-order valence-electron chi connectivity index (χ1n) is 3.55. The maximum atomic E-state index is 4.35. The van der Waals surface area contributed by atoms with Crippen LogP contribution in [0, 0.1) is 0 Å². The van der Waals surface area contributed by atoms with E-state index in [1.165, 1.54) is 16.3 Å². The molecule has 0 spiro atoms. The molecule has 0 fully saturated rings. The van der Waals surface area contributed by atoms with E-state index in [-0.39, 0.29) is 0 Å². The normalized spacial score (nSPS) is 17.1. The lowest BCUT2D eigenvalue weighted by atomic mass is 10.2. The number of aromatic nitrogens is 1. The van der Waals surface area contributed by atoms with Crippen LogP contribution in [-0.2, 0) is 11.5 Å². The standard InChI is InChI=1S/C8H9NS2/c1-2-7-4-10-6-11-5-8(7)9-3-1/h1-3H,4-6H2. The molecule has 58 valence electrons. The van der Waals surface area contributed by atoms with Crippen LogP contribution in [0.1, 0.15) is 11.3 Å². The predicted octanol–water partition coefficient (Wildman–Crippen LogP) is 2.52. The average molecular weight is 183 g/mol. The molecular weight excluding hydrogens is 174 g/mol. The summed E-state index contributed by atoms with van der Waals surface area (Å²) in [5.74, 6) is 2.22. The molecular formula is C8H9NS2. The van der Waals surface area contributed by atoms with Crippen molar-refractivity contribution in [1.29, 1.82) is 0 Å². The molecule has 0 aromatic carbocycles. The zero-order valence-electron chi connectivity index (χ0n) is 6.12. The largest absolute Gasteiger partial charge is 0.260 e. The van der Waals surface area contributed by atoms with Gasteiger partial charge in [0.05, 0.1) is 5.69 Å². The Morgan fingerprint density at radius 3 is 3.18 bits per heavy atom. The third-order valence-corrected chi connectivity index (χ3v) is 3.97. The van der Waals surface area contributed by atoms with Gasteiger partial charge in [-0.1, -0.05) is 6.07 Å². The monoisotopic (exact) mass is 183 g/mol. The molecule has 0 unspecified atom stereocenters. The van der Waals surface area contributed by atoms with Gasteiger partial charge in [-0.3, -0.25) is 4.98 Å². The molecule has 3 heteroatoms. The van der Waals surface area contributed by atoms with Gasteiger partial charge in [-0.05, 0) is 11.6 Å². The van der Waals surface area contributed by atoms with Crippen LogP contribution < -0.4 is 0 Å². The summed E-state index contributed by atoms with van der Waals surface area (Å²) in [6, 6.07) is 4.20. The number of pyridine rings is 1. The second kappa shape index (κ2) is 3.50. The Bertz CT molecular complexity index is 225.